The lowest BCUT2D eigenvalue weighted by Crippen LogP contribution is -2.45. The number of nitrogens with one attached hydrogen (secondary N) is 1. The highest BCUT2D eigenvalue weighted by molar-refractivity contribution is 8.04. The van der Waals surface area contributed by atoms with Crippen LogP contribution < -0.4 is 5.43 Å². The van der Waals surface area contributed by atoms with Crippen molar-refractivity contribution in [1.82, 2.24) is 19.8 Å². The smallest absolute Gasteiger partial charge is 0.272 e. The monoisotopic (exact) mass is 300 g/mol. The normalized spacial score (nSPS) is 18.6. The van der Waals surface area contributed by atoms with E-state index in [0.717, 1.165) is 47.2 Å². The number of rotatable bonds is 2. The first-order valence-corrected chi connectivity index (χ1v) is 8.05. The van der Waals surface area contributed by atoms with Crippen LogP contribution in [0.25, 0.3) is 11.7 Å². The topological polar surface area (TPSA) is 49.6 Å². The molecule has 0 unspecified atom stereocenters. The molecule has 1 saturated heterocycles. The van der Waals surface area contributed by atoms with E-state index < -0.39 is 0 Å². The third-order valence-electron chi connectivity index (χ3n) is 3.85. The quantitative estimate of drug-likeness (QED) is 0.924. The average molecular weight is 300 g/mol. The number of piperidine rings is 1. The molecule has 4 heterocycles. The van der Waals surface area contributed by atoms with Gasteiger partial charge < -0.3 is 0 Å². The Morgan fingerprint density at radius 1 is 1.24 bits per heavy atom. The first-order chi connectivity index (χ1) is 10.3. The summed E-state index contributed by atoms with van der Waals surface area (Å²) in [4.78, 5) is 17.5. The van der Waals surface area contributed by atoms with E-state index in [-0.39, 0.29) is 5.91 Å². The molecule has 0 bridgehead atoms. The van der Waals surface area contributed by atoms with Crippen molar-refractivity contribution in [3.8, 4) is 0 Å². The molecular weight excluding hydrogens is 284 g/mol. The standard InChI is InChI=1S/C15H16N4OS/c20-15(17-18-7-2-1-3-8-18)12-9-11-10-16-13-5-4-6-14(21-12)19(11)13/h4-6,9-10H,1-3,7-8H2,(H,17,20). The van der Waals surface area contributed by atoms with Crippen LogP contribution in [0, 0.1) is 0 Å². The summed E-state index contributed by atoms with van der Waals surface area (Å²) in [7, 11) is 0. The number of imidazole rings is 1. The number of hydrogen-bond donors (Lipinski definition) is 1. The number of carbonyl (C=O) groups excluding carboxylic acids is 1. The van der Waals surface area contributed by atoms with Gasteiger partial charge >= 0.3 is 0 Å². The van der Waals surface area contributed by atoms with E-state index in [1.54, 1.807) is 0 Å². The molecule has 108 valence electrons. The SMILES string of the molecule is O=C(NN1CCCCC1)C1=Cc2cnc3cccc(n23)S1. The van der Waals surface area contributed by atoms with Crippen LogP contribution in [-0.2, 0) is 4.79 Å². The van der Waals surface area contributed by atoms with E-state index >= 15 is 0 Å². The van der Waals surface area contributed by atoms with E-state index in [9.17, 15) is 4.79 Å². The lowest BCUT2D eigenvalue weighted by Gasteiger charge is -2.27. The van der Waals surface area contributed by atoms with E-state index in [0.29, 0.717) is 0 Å². The summed E-state index contributed by atoms with van der Waals surface area (Å²) in [5.41, 5.74) is 4.90. The van der Waals surface area contributed by atoms with Crippen LogP contribution in [0.2, 0.25) is 0 Å². The molecule has 4 rings (SSSR count). The summed E-state index contributed by atoms with van der Waals surface area (Å²) in [5, 5.41) is 3.06. The van der Waals surface area contributed by atoms with Gasteiger partial charge in [-0.25, -0.2) is 9.99 Å². The molecule has 5 nitrogen and oxygen atoms in total. The number of nitrogens with zero attached hydrogens (tertiary/aromatic N) is 3. The maximum atomic E-state index is 12.4. The van der Waals surface area contributed by atoms with Gasteiger partial charge in [0, 0.05) is 13.1 Å². The third-order valence-corrected chi connectivity index (χ3v) is 4.90. The summed E-state index contributed by atoms with van der Waals surface area (Å²) in [6.45, 7) is 1.88. The second-order valence-corrected chi connectivity index (χ2v) is 6.40. The molecule has 1 N–H and O–H groups in total. The second kappa shape index (κ2) is 5.20. The molecule has 2 aromatic rings. The maximum Gasteiger partial charge on any atom is 0.272 e. The van der Waals surface area contributed by atoms with Gasteiger partial charge in [-0.2, -0.15) is 0 Å². The van der Waals surface area contributed by atoms with Gasteiger partial charge in [0.2, 0.25) is 0 Å². The molecule has 1 amide bonds. The van der Waals surface area contributed by atoms with Crippen LogP contribution in [0.3, 0.4) is 0 Å². The minimum absolute atomic E-state index is 0.0219. The molecule has 0 saturated carbocycles. The molecule has 21 heavy (non-hydrogen) atoms. The fourth-order valence-electron chi connectivity index (χ4n) is 2.80. The highest BCUT2D eigenvalue weighted by Crippen LogP contribution is 2.34. The highest BCUT2D eigenvalue weighted by atomic mass is 32.2. The molecule has 0 aromatic carbocycles. The summed E-state index contributed by atoms with van der Waals surface area (Å²) in [6, 6.07) is 5.96. The average Bonchev–Trinajstić information content (AvgIpc) is 2.93. The van der Waals surface area contributed by atoms with E-state index in [1.807, 2.05) is 35.5 Å². The Hall–Kier alpha value is -1.79. The van der Waals surface area contributed by atoms with E-state index in [1.165, 1.54) is 18.2 Å². The summed E-state index contributed by atoms with van der Waals surface area (Å²) >= 11 is 1.50. The number of pyridine rings is 1. The number of aromatic nitrogens is 2. The molecule has 0 radical (unpaired) electrons. The van der Waals surface area contributed by atoms with Gasteiger partial charge in [0.1, 0.15) is 5.65 Å². The number of thioether (sulfide) groups is 1. The van der Waals surface area contributed by atoms with Crippen LogP contribution in [0.15, 0.2) is 34.3 Å². The Kier molecular flexibility index (Phi) is 3.20. The van der Waals surface area contributed by atoms with Crippen molar-refractivity contribution in [2.24, 2.45) is 0 Å². The second-order valence-electron chi connectivity index (χ2n) is 5.34. The Labute approximate surface area is 127 Å². The lowest BCUT2D eigenvalue weighted by atomic mass is 10.2. The van der Waals surface area contributed by atoms with Crippen LogP contribution in [0.4, 0.5) is 0 Å². The molecule has 2 aliphatic heterocycles. The van der Waals surface area contributed by atoms with Gasteiger partial charge in [-0.1, -0.05) is 24.2 Å². The van der Waals surface area contributed by atoms with Crippen molar-refractivity contribution in [3.05, 3.63) is 35.0 Å². The van der Waals surface area contributed by atoms with E-state index in [2.05, 4.69) is 14.8 Å². The van der Waals surface area contributed by atoms with Crippen molar-refractivity contribution in [1.29, 1.82) is 0 Å². The molecule has 2 aromatic heterocycles. The predicted molar refractivity (Wildman–Crippen MR) is 82.6 cm³/mol. The zero-order valence-electron chi connectivity index (χ0n) is 11.6. The Bertz CT molecular complexity index is 730. The van der Waals surface area contributed by atoms with Crippen molar-refractivity contribution in [3.63, 3.8) is 0 Å². The van der Waals surface area contributed by atoms with Crippen molar-refractivity contribution in [2.75, 3.05) is 13.1 Å². The first kappa shape index (κ1) is 12.9. The van der Waals surface area contributed by atoms with Crippen LogP contribution in [0.5, 0.6) is 0 Å². The molecule has 6 heteroatoms. The van der Waals surface area contributed by atoms with Gasteiger partial charge in [0.15, 0.2) is 0 Å². The third kappa shape index (κ3) is 2.34. The fraction of sp³-hybridized carbons (Fsp3) is 0.333. The van der Waals surface area contributed by atoms with Gasteiger partial charge in [0.05, 0.1) is 21.8 Å². The molecule has 2 aliphatic rings. The summed E-state index contributed by atoms with van der Waals surface area (Å²) in [6.07, 6.45) is 7.28. The Balaban J connectivity index is 1.59. The number of hydrogen-bond acceptors (Lipinski definition) is 4. The molecule has 0 atom stereocenters. The predicted octanol–water partition coefficient (Wildman–Crippen LogP) is 2.30. The van der Waals surface area contributed by atoms with Crippen molar-refractivity contribution < 1.29 is 4.79 Å². The van der Waals surface area contributed by atoms with Crippen LogP contribution >= 0.6 is 11.8 Å². The minimum atomic E-state index is -0.0219. The van der Waals surface area contributed by atoms with Crippen LogP contribution in [0.1, 0.15) is 25.0 Å². The summed E-state index contributed by atoms with van der Waals surface area (Å²) < 4.78 is 2.07. The zero-order valence-corrected chi connectivity index (χ0v) is 12.4. The van der Waals surface area contributed by atoms with Gasteiger partial charge in [-0.3, -0.25) is 14.6 Å². The number of amides is 1. The minimum Gasteiger partial charge on any atom is -0.287 e. The van der Waals surface area contributed by atoms with Crippen molar-refractivity contribution in [2.45, 2.75) is 24.3 Å². The fourth-order valence-corrected chi connectivity index (χ4v) is 3.78. The molecular formula is C15H16N4OS. The summed E-state index contributed by atoms with van der Waals surface area (Å²) in [5.74, 6) is -0.0219. The number of hydrazine groups is 1. The van der Waals surface area contributed by atoms with Crippen molar-refractivity contribution >= 4 is 29.4 Å². The highest BCUT2D eigenvalue weighted by Gasteiger charge is 2.21. The van der Waals surface area contributed by atoms with Gasteiger partial charge in [0.25, 0.3) is 5.91 Å². The zero-order chi connectivity index (χ0) is 14.2. The van der Waals surface area contributed by atoms with Gasteiger partial charge in [-0.15, -0.1) is 0 Å². The maximum absolute atomic E-state index is 12.4. The largest absolute Gasteiger partial charge is 0.287 e. The van der Waals surface area contributed by atoms with Crippen LogP contribution in [-0.4, -0.2) is 33.4 Å². The lowest BCUT2D eigenvalue weighted by molar-refractivity contribution is -0.121. The molecule has 1 fully saturated rings. The first-order valence-electron chi connectivity index (χ1n) is 7.23. The molecule has 0 aliphatic carbocycles. The van der Waals surface area contributed by atoms with E-state index in [4.69, 9.17) is 0 Å². The van der Waals surface area contributed by atoms with Gasteiger partial charge in [-0.05, 0) is 31.1 Å². The number of carbonyl (C=O) groups is 1. The molecule has 0 spiro atoms. The Morgan fingerprint density at radius 2 is 2.10 bits per heavy atom. The Morgan fingerprint density at radius 3 is 2.95 bits per heavy atom.